The lowest BCUT2D eigenvalue weighted by molar-refractivity contribution is -0.117. The fourth-order valence-electron chi connectivity index (χ4n) is 3.56. The zero-order valence-corrected chi connectivity index (χ0v) is 15.2. The number of anilines is 2. The number of rotatable bonds is 3. The molecule has 0 atom stereocenters. The molecule has 6 nitrogen and oxygen atoms in total. The highest BCUT2D eigenvalue weighted by atomic mass is 19.3. The maximum Gasteiger partial charge on any atom is 0.265 e. The molecule has 4 rings (SSSR count). The summed E-state index contributed by atoms with van der Waals surface area (Å²) in [6.07, 6.45) is 1.43. The second-order valence-electron chi connectivity index (χ2n) is 7.10. The van der Waals surface area contributed by atoms with E-state index in [2.05, 4.69) is 10.3 Å². The first-order valence-corrected chi connectivity index (χ1v) is 9.18. The molecule has 8 heteroatoms. The standard InChI is InChI=1S/C20H20F2N4O2/c21-20(22)7-4-8-25(13-20)19(28)15-9-16-18(23-10-15)24-11-17(27)26(16)12-14-5-2-1-3-6-14/h1-3,5-6,9-10H,4,7-8,11-13H2,(H,23,24). The summed E-state index contributed by atoms with van der Waals surface area (Å²) in [4.78, 5) is 32.2. The minimum atomic E-state index is -2.87. The molecule has 2 amide bonds. The van der Waals surface area contributed by atoms with Gasteiger partial charge in [0.2, 0.25) is 5.91 Å². The lowest BCUT2D eigenvalue weighted by Crippen LogP contribution is -2.46. The van der Waals surface area contributed by atoms with Crippen LogP contribution in [-0.2, 0) is 11.3 Å². The van der Waals surface area contributed by atoms with Gasteiger partial charge < -0.3 is 15.1 Å². The van der Waals surface area contributed by atoms with Crippen molar-refractivity contribution in [1.82, 2.24) is 9.88 Å². The minimum Gasteiger partial charge on any atom is -0.359 e. The molecule has 0 spiro atoms. The number of alkyl halides is 2. The number of nitrogens with one attached hydrogen (secondary N) is 1. The van der Waals surface area contributed by atoms with E-state index < -0.39 is 18.4 Å². The van der Waals surface area contributed by atoms with Gasteiger partial charge in [0.05, 0.1) is 30.9 Å². The Balaban J connectivity index is 1.62. The molecule has 0 bridgehead atoms. The Morgan fingerprint density at radius 1 is 1.25 bits per heavy atom. The van der Waals surface area contributed by atoms with E-state index in [4.69, 9.17) is 0 Å². The maximum absolute atomic E-state index is 13.7. The second-order valence-corrected chi connectivity index (χ2v) is 7.10. The predicted octanol–water partition coefficient (Wildman–Crippen LogP) is 2.91. The van der Waals surface area contributed by atoms with Gasteiger partial charge in [-0.1, -0.05) is 30.3 Å². The summed E-state index contributed by atoms with van der Waals surface area (Å²) in [5, 5.41) is 2.94. The lowest BCUT2D eigenvalue weighted by Gasteiger charge is -2.33. The van der Waals surface area contributed by atoms with Crippen molar-refractivity contribution in [2.24, 2.45) is 0 Å². The van der Waals surface area contributed by atoms with Gasteiger partial charge in [-0.3, -0.25) is 9.59 Å². The fourth-order valence-corrected chi connectivity index (χ4v) is 3.56. The number of fused-ring (bicyclic) bond motifs is 1. The van der Waals surface area contributed by atoms with Crippen LogP contribution in [-0.4, -0.2) is 47.3 Å². The molecule has 0 unspecified atom stereocenters. The molecular weight excluding hydrogens is 366 g/mol. The van der Waals surface area contributed by atoms with Crippen LogP contribution >= 0.6 is 0 Å². The van der Waals surface area contributed by atoms with Crippen LogP contribution in [0.5, 0.6) is 0 Å². The van der Waals surface area contributed by atoms with Crippen molar-refractivity contribution in [2.45, 2.75) is 25.3 Å². The molecule has 2 aromatic rings. The molecule has 146 valence electrons. The van der Waals surface area contributed by atoms with Crippen molar-refractivity contribution in [2.75, 3.05) is 29.9 Å². The van der Waals surface area contributed by atoms with E-state index in [0.29, 0.717) is 18.1 Å². The Bertz CT molecular complexity index is 904. The van der Waals surface area contributed by atoms with Crippen molar-refractivity contribution >= 4 is 23.3 Å². The first-order chi connectivity index (χ1) is 13.4. The molecule has 1 saturated heterocycles. The molecule has 28 heavy (non-hydrogen) atoms. The third-order valence-electron chi connectivity index (χ3n) is 4.98. The van der Waals surface area contributed by atoms with Crippen molar-refractivity contribution in [3.05, 3.63) is 53.7 Å². The number of hydrogen-bond acceptors (Lipinski definition) is 4. The topological polar surface area (TPSA) is 65.5 Å². The predicted molar refractivity (Wildman–Crippen MR) is 100 cm³/mol. The van der Waals surface area contributed by atoms with E-state index >= 15 is 0 Å². The van der Waals surface area contributed by atoms with Crippen LogP contribution in [0.2, 0.25) is 0 Å². The van der Waals surface area contributed by atoms with Gasteiger partial charge in [0.15, 0.2) is 5.82 Å². The maximum atomic E-state index is 13.7. The Morgan fingerprint density at radius 3 is 2.79 bits per heavy atom. The summed E-state index contributed by atoms with van der Waals surface area (Å²) >= 11 is 0. The number of likely N-dealkylation sites (tertiary alicyclic amines) is 1. The Kier molecular flexibility index (Phi) is 4.70. The quantitative estimate of drug-likeness (QED) is 0.881. The summed E-state index contributed by atoms with van der Waals surface area (Å²) in [7, 11) is 0. The first kappa shape index (κ1) is 18.3. The van der Waals surface area contributed by atoms with Crippen molar-refractivity contribution in [1.29, 1.82) is 0 Å². The molecule has 0 aliphatic carbocycles. The first-order valence-electron chi connectivity index (χ1n) is 9.18. The van der Waals surface area contributed by atoms with E-state index in [1.54, 1.807) is 11.0 Å². The van der Waals surface area contributed by atoms with Gasteiger partial charge >= 0.3 is 0 Å². The van der Waals surface area contributed by atoms with Gasteiger partial charge in [0, 0.05) is 19.2 Å². The van der Waals surface area contributed by atoms with Crippen LogP contribution in [0.25, 0.3) is 0 Å². The number of nitrogens with zero attached hydrogens (tertiary/aromatic N) is 3. The van der Waals surface area contributed by atoms with Gasteiger partial charge in [-0.05, 0) is 18.1 Å². The van der Waals surface area contributed by atoms with Gasteiger partial charge in [0.25, 0.3) is 11.8 Å². The van der Waals surface area contributed by atoms with Crippen molar-refractivity contribution < 1.29 is 18.4 Å². The summed E-state index contributed by atoms with van der Waals surface area (Å²) < 4.78 is 27.4. The van der Waals surface area contributed by atoms with Crippen LogP contribution in [0.3, 0.4) is 0 Å². The normalized spacial score (nSPS) is 18.4. The molecule has 1 aromatic heterocycles. The second kappa shape index (κ2) is 7.18. The van der Waals surface area contributed by atoms with Crippen LogP contribution in [0.15, 0.2) is 42.6 Å². The number of halogens is 2. The molecule has 1 aromatic carbocycles. The highest BCUT2D eigenvalue weighted by molar-refractivity contribution is 6.04. The largest absolute Gasteiger partial charge is 0.359 e. The number of carbonyl (C=O) groups is 2. The van der Waals surface area contributed by atoms with Crippen LogP contribution in [0.1, 0.15) is 28.8 Å². The van der Waals surface area contributed by atoms with E-state index in [1.165, 1.54) is 6.20 Å². The Morgan fingerprint density at radius 2 is 2.04 bits per heavy atom. The highest BCUT2D eigenvalue weighted by Crippen LogP contribution is 2.32. The third kappa shape index (κ3) is 3.67. The molecule has 2 aliphatic heterocycles. The number of hydrogen-bond donors (Lipinski definition) is 1. The zero-order chi connectivity index (χ0) is 19.7. The van der Waals surface area contributed by atoms with E-state index in [9.17, 15) is 18.4 Å². The third-order valence-corrected chi connectivity index (χ3v) is 4.98. The zero-order valence-electron chi connectivity index (χ0n) is 15.2. The molecule has 1 fully saturated rings. The fraction of sp³-hybridized carbons (Fsp3) is 0.350. The van der Waals surface area contributed by atoms with Gasteiger partial charge in [-0.25, -0.2) is 13.8 Å². The van der Waals surface area contributed by atoms with E-state index in [1.807, 2.05) is 30.3 Å². The number of amides is 2. The van der Waals surface area contributed by atoms with Gasteiger partial charge in [-0.15, -0.1) is 0 Å². The summed E-state index contributed by atoms with van der Waals surface area (Å²) in [5.74, 6) is -3.01. The molecule has 1 N–H and O–H groups in total. The Hall–Kier alpha value is -3.03. The molecule has 0 radical (unpaired) electrons. The number of piperidine rings is 1. The number of pyridine rings is 1. The van der Waals surface area contributed by atoms with Crippen molar-refractivity contribution in [3.63, 3.8) is 0 Å². The van der Waals surface area contributed by atoms with Gasteiger partial charge in [0.1, 0.15) is 0 Å². The minimum absolute atomic E-state index is 0.110. The number of carbonyl (C=O) groups excluding carboxylic acids is 2. The molecule has 3 heterocycles. The van der Waals surface area contributed by atoms with E-state index in [0.717, 1.165) is 10.5 Å². The van der Waals surface area contributed by atoms with Crippen LogP contribution < -0.4 is 10.2 Å². The summed E-state index contributed by atoms with van der Waals surface area (Å²) in [5.41, 5.74) is 1.62. The smallest absolute Gasteiger partial charge is 0.265 e. The average molecular weight is 386 g/mol. The SMILES string of the molecule is O=C(c1cnc2c(c1)N(Cc1ccccc1)C(=O)CN2)N1CCCC(F)(F)C1. The van der Waals surface area contributed by atoms with E-state index in [-0.39, 0.29) is 37.4 Å². The molecule has 2 aliphatic rings. The van der Waals surface area contributed by atoms with Crippen molar-refractivity contribution in [3.8, 4) is 0 Å². The number of aromatic nitrogens is 1. The van der Waals surface area contributed by atoms with Gasteiger partial charge in [-0.2, -0.15) is 0 Å². The summed E-state index contributed by atoms with van der Waals surface area (Å²) in [6, 6.07) is 11.0. The average Bonchev–Trinajstić information content (AvgIpc) is 2.69. The number of benzene rings is 1. The molecular formula is C20H20F2N4O2. The lowest BCUT2D eigenvalue weighted by atomic mass is 10.1. The summed E-state index contributed by atoms with van der Waals surface area (Å²) in [6.45, 7) is 0.151. The monoisotopic (exact) mass is 386 g/mol. The molecule has 0 saturated carbocycles. The van der Waals surface area contributed by atoms with Crippen LogP contribution in [0, 0.1) is 0 Å². The Labute approximate surface area is 161 Å². The van der Waals surface area contributed by atoms with Crippen LogP contribution in [0.4, 0.5) is 20.3 Å². The highest BCUT2D eigenvalue weighted by Gasteiger charge is 2.37.